The third-order valence-electron chi connectivity index (χ3n) is 7.12. The third-order valence-corrected chi connectivity index (χ3v) is 7.59. The highest BCUT2D eigenvalue weighted by Gasteiger charge is 2.61. The van der Waals surface area contributed by atoms with Crippen LogP contribution in [0.4, 0.5) is 14.5 Å². The Labute approximate surface area is 240 Å². The van der Waals surface area contributed by atoms with Crippen molar-refractivity contribution in [1.29, 1.82) is 5.26 Å². The summed E-state index contributed by atoms with van der Waals surface area (Å²) in [5.74, 6) is -4.75. The molecule has 1 aliphatic heterocycles. The molecule has 0 bridgehead atoms. The van der Waals surface area contributed by atoms with Crippen LogP contribution in [-0.4, -0.2) is 29.1 Å². The molecule has 6 nitrogen and oxygen atoms in total. The first kappa shape index (κ1) is 29.5. The fourth-order valence-electron chi connectivity index (χ4n) is 5.54. The van der Waals surface area contributed by atoms with Crippen LogP contribution in [0.1, 0.15) is 54.6 Å². The Balaban J connectivity index is 1.97. The smallest absolute Gasteiger partial charge is 0.337 e. The van der Waals surface area contributed by atoms with E-state index >= 15 is 8.78 Å². The van der Waals surface area contributed by atoms with E-state index in [4.69, 9.17) is 23.2 Å². The third kappa shape index (κ3) is 5.55. The molecule has 0 aromatic heterocycles. The molecule has 40 heavy (non-hydrogen) atoms. The minimum absolute atomic E-state index is 0.0200. The maximum absolute atomic E-state index is 15.7. The number of aromatic carboxylic acids is 1. The standard InChI is InChI=1S/C30H27Cl2F2N3O3/c1-29(2,3)14-24-30(15-35,20-10-8-17(32)13-22(20)34)25(19-12-16(31)9-11-21(19)33)26(37-24)27(38)36-23-7-5-4-6-18(23)28(39)40/h4-13,24-26,37H,14H2,1-3H3,(H,36,38)(H,39,40)/t24-,25-,26+,30-/m0/s1. The second-order valence-corrected chi connectivity index (χ2v) is 11.9. The van der Waals surface area contributed by atoms with Crippen molar-refractivity contribution in [3.63, 3.8) is 0 Å². The van der Waals surface area contributed by atoms with Crippen LogP contribution in [0.25, 0.3) is 0 Å². The van der Waals surface area contributed by atoms with Gasteiger partial charge in [-0.2, -0.15) is 5.26 Å². The summed E-state index contributed by atoms with van der Waals surface area (Å²) in [5.41, 5.74) is -2.43. The van der Waals surface area contributed by atoms with Gasteiger partial charge in [0, 0.05) is 27.6 Å². The molecule has 208 valence electrons. The molecule has 1 heterocycles. The van der Waals surface area contributed by atoms with Crippen LogP contribution in [0, 0.1) is 28.4 Å². The summed E-state index contributed by atoms with van der Waals surface area (Å²) in [6.07, 6.45) is 0.302. The number of nitrogens with one attached hydrogen (secondary N) is 2. The van der Waals surface area contributed by atoms with Crippen LogP contribution in [-0.2, 0) is 10.2 Å². The first-order valence-corrected chi connectivity index (χ1v) is 13.2. The van der Waals surface area contributed by atoms with Gasteiger partial charge in [0.1, 0.15) is 17.0 Å². The van der Waals surface area contributed by atoms with E-state index in [0.717, 1.165) is 12.1 Å². The molecule has 0 unspecified atom stereocenters. The van der Waals surface area contributed by atoms with Crippen LogP contribution >= 0.6 is 23.2 Å². The zero-order valence-corrected chi connectivity index (χ0v) is 23.4. The summed E-state index contributed by atoms with van der Waals surface area (Å²) in [6, 6.07) is 13.7. The van der Waals surface area contributed by atoms with E-state index in [1.54, 1.807) is 6.07 Å². The van der Waals surface area contributed by atoms with Crippen molar-refractivity contribution in [3.05, 3.63) is 99.0 Å². The molecule has 1 saturated heterocycles. The highest BCUT2D eigenvalue weighted by atomic mass is 35.5. The summed E-state index contributed by atoms with van der Waals surface area (Å²) < 4.78 is 31.2. The number of nitrogens with zero attached hydrogens (tertiary/aromatic N) is 1. The molecule has 1 fully saturated rings. The van der Waals surface area contributed by atoms with E-state index in [2.05, 4.69) is 16.7 Å². The number of carbonyl (C=O) groups is 2. The van der Waals surface area contributed by atoms with Gasteiger partial charge in [-0.15, -0.1) is 0 Å². The number of carboxylic acid groups (broad SMARTS) is 1. The van der Waals surface area contributed by atoms with E-state index in [1.807, 2.05) is 20.8 Å². The predicted octanol–water partition coefficient (Wildman–Crippen LogP) is 6.93. The quantitative estimate of drug-likeness (QED) is 0.291. The minimum Gasteiger partial charge on any atom is -0.478 e. The van der Waals surface area contributed by atoms with E-state index in [-0.39, 0.29) is 32.4 Å². The lowest BCUT2D eigenvalue weighted by Crippen LogP contribution is -2.45. The maximum Gasteiger partial charge on any atom is 0.337 e. The molecule has 0 radical (unpaired) electrons. The Morgan fingerprint density at radius 2 is 1.70 bits per heavy atom. The van der Waals surface area contributed by atoms with Gasteiger partial charge in [0.2, 0.25) is 5.91 Å². The van der Waals surface area contributed by atoms with E-state index in [0.29, 0.717) is 6.42 Å². The average Bonchev–Trinajstić information content (AvgIpc) is 3.18. The Kier molecular flexibility index (Phi) is 8.23. The van der Waals surface area contributed by atoms with E-state index < -0.39 is 52.3 Å². The molecule has 3 aromatic carbocycles. The van der Waals surface area contributed by atoms with Crippen molar-refractivity contribution in [2.45, 2.75) is 50.6 Å². The molecule has 0 saturated carbocycles. The van der Waals surface area contributed by atoms with Gasteiger partial charge in [-0.05, 0) is 59.9 Å². The molecule has 10 heteroatoms. The van der Waals surface area contributed by atoms with Gasteiger partial charge in [-0.1, -0.05) is 62.2 Å². The summed E-state index contributed by atoms with van der Waals surface area (Å²) in [5, 5.41) is 26.6. The topological polar surface area (TPSA) is 102 Å². The van der Waals surface area contributed by atoms with Crippen LogP contribution < -0.4 is 10.6 Å². The van der Waals surface area contributed by atoms with E-state index in [9.17, 15) is 20.0 Å². The number of hydrogen-bond donors (Lipinski definition) is 3. The molecule has 1 aliphatic rings. The molecule has 0 spiro atoms. The van der Waals surface area contributed by atoms with Gasteiger partial charge in [-0.25, -0.2) is 13.6 Å². The van der Waals surface area contributed by atoms with Crippen LogP contribution in [0.2, 0.25) is 10.0 Å². The van der Waals surface area contributed by atoms with Crippen LogP contribution in [0.3, 0.4) is 0 Å². The Bertz CT molecular complexity index is 1520. The monoisotopic (exact) mass is 585 g/mol. The second-order valence-electron chi connectivity index (χ2n) is 11.1. The normalized spacial score (nSPS) is 22.5. The van der Waals surface area contributed by atoms with Gasteiger partial charge in [-0.3, -0.25) is 4.79 Å². The zero-order chi connectivity index (χ0) is 29.4. The van der Waals surface area contributed by atoms with Crippen molar-refractivity contribution < 1.29 is 23.5 Å². The van der Waals surface area contributed by atoms with Gasteiger partial charge in [0.15, 0.2) is 0 Å². The van der Waals surface area contributed by atoms with Crippen LogP contribution in [0.15, 0.2) is 60.7 Å². The zero-order valence-electron chi connectivity index (χ0n) is 21.9. The Morgan fingerprint density at radius 1 is 1.05 bits per heavy atom. The SMILES string of the molecule is CC(C)(C)C[C@@H]1N[C@@H](C(=O)Nc2ccccc2C(=O)O)[C@H](c2cc(Cl)ccc2F)[C@@]1(C#N)c1ccc(Cl)cc1F. The summed E-state index contributed by atoms with van der Waals surface area (Å²) in [7, 11) is 0. The number of para-hydroxylation sites is 1. The van der Waals surface area contributed by atoms with Gasteiger partial charge >= 0.3 is 5.97 Å². The Hall–Kier alpha value is -3.51. The number of amides is 1. The lowest BCUT2D eigenvalue weighted by molar-refractivity contribution is -0.118. The van der Waals surface area contributed by atoms with Gasteiger partial charge < -0.3 is 15.7 Å². The minimum atomic E-state index is -1.79. The molecule has 3 aromatic rings. The molecule has 4 rings (SSSR count). The first-order chi connectivity index (χ1) is 18.8. The van der Waals surface area contributed by atoms with Crippen molar-refractivity contribution in [3.8, 4) is 6.07 Å². The number of benzene rings is 3. The lowest BCUT2D eigenvalue weighted by atomic mass is 9.62. The van der Waals surface area contributed by atoms with Crippen LogP contribution in [0.5, 0.6) is 0 Å². The van der Waals surface area contributed by atoms with E-state index in [1.165, 1.54) is 42.5 Å². The number of anilines is 1. The molecular weight excluding hydrogens is 559 g/mol. The fraction of sp³-hybridized carbons (Fsp3) is 0.300. The Morgan fingerprint density at radius 3 is 2.33 bits per heavy atom. The highest BCUT2D eigenvalue weighted by molar-refractivity contribution is 6.31. The van der Waals surface area contributed by atoms with Crippen molar-refractivity contribution in [1.82, 2.24) is 5.32 Å². The molecule has 4 atom stereocenters. The number of nitriles is 1. The predicted molar refractivity (Wildman–Crippen MR) is 150 cm³/mol. The maximum atomic E-state index is 15.7. The summed E-state index contributed by atoms with van der Waals surface area (Å²) in [6.45, 7) is 5.79. The summed E-state index contributed by atoms with van der Waals surface area (Å²) >= 11 is 12.3. The molecule has 0 aliphatic carbocycles. The lowest BCUT2D eigenvalue weighted by Gasteiger charge is -2.37. The van der Waals surface area contributed by atoms with Crippen molar-refractivity contribution in [2.75, 3.05) is 5.32 Å². The number of carbonyl (C=O) groups excluding carboxylic acids is 1. The first-order valence-electron chi connectivity index (χ1n) is 12.5. The fourth-order valence-corrected chi connectivity index (χ4v) is 5.88. The molecule has 3 N–H and O–H groups in total. The second kappa shape index (κ2) is 11.2. The molecule has 1 amide bonds. The van der Waals surface area contributed by atoms with Crippen molar-refractivity contribution in [2.24, 2.45) is 5.41 Å². The number of halogens is 4. The van der Waals surface area contributed by atoms with Crippen molar-refractivity contribution >= 4 is 40.8 Å². The number of carboxylic acids is 1. The molecular formula is C30H27Cl2F2N3O3. The number of rotatable bonds is 6. The van der Waals surface area contributed by atoms with Gasteiger partial charge in [0.05, 0.1) is 23.4 Å². The summed E-state index contributed by atoms with van der Waals surface area (Å²) in [4.78, 5) is 25.7. The largest absolute Gasteiger partial charge is 0.478 e. The number of hydrogen-bond acceptors (Lipinski definition) is 4. The average molecular weight is 586 g/mol. The highest BCUT2D eigenvalue weighted by Crippen LogP contribution is 2.52. The van der Waals surface area contributed by atoms with Gasteiger partial charge in [0.25, 0.3) is 0 Å².